The summed E-state index contributed by atoms with van der Waals surface area (Å²) >= 11 is 0. The van der Waals surface area contributed by atoms with Crippen LogP contribution in [0.1, 0.15) is 0 Å². The number of fused-ring (bicyclic) bond motifs is 1. The van der Waals surface area contributed by atoms with Gasteiger partial charge in [0.05, 0.1) is 24.0 Å². The number of ether oxygens (including phenoxy) is 1. The van der Waals surface area contributed by atoms with Crippen LogP contribution in [-0.2, 0) is 0 Å². The zero-order valence-corrected chi connectivity index (χ0v) is 12.1. The first-order valence-corrected chi connectivity index (χ1v) is 6.71. The molecule has 4 nitrogen and oxygen atoms in total. The molecule has 2 N–H and O–H groups in total. The van der Waals surface area contributed by atoms with Crippen molar-refractivity contribution >= 4 is 28.0 Å². The number of hydrogen-bond acceptors (Lipinski definition) is 4. The number of methoxy groups -OCH3 is 1. The van der Waals surface area contributed by atoms with Crippen LogP contribution in [0.4, 0.5) is 17.1 Å². The summed E-state index contributed by atoms with van der Waals surface area (Å²) in [5, 5.41) is 0.968. The number of nitrogens with zero attached hydrogens (tertiary/aromatic N) is 2. The van der Waals surface area contributed by atoms with Crippen molar-refractivity contribution in [2.75, 3.05) is 24.8 Å². The molecule has 106 valence electrons. The minimum atomic E-state index is 0.735. The summed E-state index contributed by atoms with van der Waals surface area (Å²) in [6.45, 7) is 0. The van der Waals surface area contributed by atoms with Gasteiger partial charge in [-0.3, -0.25) is 4.98 Å². The Labute approximate surface area is 123 Å². The summed E-state index contributed by atoms with van der Waals surface area (Å²) in [6, 6.07) is 15.8. The third-order valence-corrected chi connectivity index (χ3v) is 3.62. The number of anilines is 3. The second kappa shape index (κ2) is 5.32. The van der Waals surface area contributed by atoms with E-state index in [2.05, 4.69) is 9.88 Å². The number of benzene rings is 2. The largest absolute Gasteiger partial charge is 0.497 e. The van der Waals surface area contributed by atoms with Gasteiger partial charge in [-0.05, 0) is 48.5 Å². The fraction of sp³-hybridized carbons (Fsp3) is 0.118. The van der Waals surface area contributed by atoms with E-state index in [0.29, 0.717) is 0 Å². The number of aromatic nitrogens is 1. The van der Waals surface area contributed by atoms with Crippen LogP contribution in [0, 0.1) is 0 Å². The topological polar surface area (TPSA) is 51.4 Å². The molecule has 0 aliphatic rings. The smallest absolute Gasteiger partial charge is 0.119 e. The molecule has 21 heavy (non-hydrogen) atoms. The number of pyridine rings is 1. The normalized spacial score (nSPS) is 10.6. The zero-order chi connectivity index (χ0) is 14.8. The quantitative estimate of drug-likeness (QED) is 0.744. The highest BCUT2D eigenvalue weighted by molar-refractivity contribution is 5.98. The van der Waals surface area contributed by atoms with Gasteiger partial charge in [0.1, 0.15) is 5.75 Å². The zero-order valence-electron chi connectivity index (χ0n) is 12.1. The highest BCUT2D eigenvalue weighted by Crippen LogP contribution is 2.34. The van der Waals surface area contributed by atoms with E-state index in [1.807, 2.05) is 55.6 Å². The van der Waals surface area contributed by atoms with E-state index in [1.54, 1.807) is 13.3 Å². The van der Waals surface area contributed by atoms with Gasteiger partial charge in [-0.15, -0.1) is 0 Å². The number of nitrogens with two attached hydrogens (primary N) is 1. The summed E-state index contributed by atoms with van der Waals surface area (Å²) < 4.78 is 5.18. The Morgan fingerprint density at radius 3 is 2.52 bits per heavy atom. The van der Waals surface area contributed by atoms with E-state index in [1.165, 1.54) is 0 Å². The molecular formula is C17H17N3O. The van der Waals surface area contributed by atoms with Crippen LogP contribution < -0.4 is 15.4 Å². The van der Waals surface area contributed by atoms with Crippen LogP contribution in [0.2, 0.25) is 0 Å². The van der Waals surface area contributed by atoms with Crippen molar-refractivity contribution in [1.82, 2.24) is 4.98 Å². The maximum atomic E-state index is 6.31. The molecule has 1 heterocycles. The second-order valence-electron chi connectivity index (χ2n) is 4.83. The van der Waals surface area contributed by atoms with Crippen molar-refractivity contribution in [3.05, 3.63) is 54.7 Å². The molecule has 0 bridgehead atoms. The van der Waals surface area contributed by atoms with Crippen molar-refractivity contribution in [2.24, 2.45) is 0 Å². The predicted molar refractivity (Wildman–Crippen MR) is 87.2 cm³/mol. The molecule has 0 aliphatic heterocycles. The van der Waals surface area contributed by atoms with Gasteiger partial charge in [0.2, 0.25) is 0 Å². The third kappa shape index (κ3) is 2.36. The lowest BCUT2D eigenvalue weighted by atomic mass is 10.1. The van der Waals surface area contributed by atoms with Crippen LogP contribution in [-0.4, -0.2) is 19.1 Å². The predicted octanol–water partition coefficient (Wildman–Crippen LogP) is 3.59. The van der Waals surface area contributed by atoms with Gasteiger partial charge in [-0.25, -0.2) is 0 Å². The summed E-state index contributed by atoms with van der Waals surface area (Å²) in [5.41, 5.74) is 9.95. The maximum absolute atomic E-state index is 6.31. The Hall–Kier alpha value is -2.75. The van der Waals surface area contributed by atoms with Gasteiger partial charge in [0.15, 0.2) is 0 Å². The molecule has 0 atom stereocenters. The standard InChI is InChI=1S/C17H17N3O/c1-20(12-5-7-13(21-2)8-6-12)16-10-9-15-14(17(16)18)4-3-11-19-15/h3-11H,18H2,1-2H3. The van der Waals surface area contributed by atoms with E-state index >= 15 is 0 Å². The highest BCUT2D eigenvalue weighted by Gasteiger charge is 2.10. The summed E-state index contributed by atoms with van der Waals surface area (Å²) in [5.74, 6) is 0.836. The van der Waals surface area contributed by atoms with Crippen LogP contribution in [0.5, 0.6) is 5.75 Å². The Kier molecular flexibility index (Phi) is 3.36. The van der Waals surface area contributed by atoms with Crippen molar-refractivity contribution in [3.63, 3.8) is 0 Å². The van der Waals surface area contributed by atoms with Gasteiger partial charge in [0, 0.05) is 24.3 Å². The lowest BCUT2D eigenvalue weighted by molar-refractivity contribution is 0.415. The van der Waals surface area contributed by atoms with Crippen LogP contribution in [0.3, 0.4) is 0 Å². The molecule has 0 spiro atoms. The Balaban J connectivity index is 2.04. The van der Waals surface area contributed by atoms with Crippen LogP contribution in [0.25, 0.3) is 10.9 Å². The number of rotatable bonds is 3. The average Bonchev–Trinajstić information content (AvgIpc) is 2.55. The summed E-state index contributed by atoms with van der Waals surface area (Å²) in [7, 11) is 3.66. The molecule has 0 radical (unpaired) electrons. The first kappa shape index (κ1) is 13.2. The molecule has 0 amide bonds. The monoisotopic (exact) mass is 279 g/mol. The lowest BCUT2D eigenvalue weighted by Gasteiger charge is -2.22. The van der Waals surface area contributed by atoms with Crippen molar-refractivity contribution in [3.8, 4) is 5.75 Å². The van der Waals surface area contributed by atoms with Gasteiger partial charge in [0.25, 0.3) is 0 Å². The molecule has 0 saturated carbocycles. The van der Waals surface area contributed by atoms with Crippen LogP contribution >= 0.6 is 0 Å². The Morgan fingerprint density at radius 1 is 1.05 bits per heavy atom. The van der Waals surface area contributed by atoms with Gasteiger partial charge in [-0.1, -0.05) is 0 Å². The number of hydrogen-bond donors (Lipinski definition) is 1. The van der Waals surface area contributed by atoms with E-state index in [9.17, 15) is 0 Å². The summed E-state index contributed by atoms with van der Waals surface area (Å²) in [6.07, 6.45) is 1.77. The van der Waals surface area contributed by atoms with Crippen molar-refractivity contribution < 1.29 is 4.74 Å². The highest BCUT2D eigenvalue weighted by atomic mass is 16.5. The van der Waals surface area contributed by atoms with Crippen LogP contribution in [0.15, 0.2) is 54.7 Å². The Morgan fingerprint density at radius 2 is 1.81 bits per heavy atom. The van der Waals surface area contributed by atoms with E-state index < -0.39 is 0 Å². The maximum Gasteiger partial charge on any atom is 0.119 e. The fourth-order valence-electron chi connectivity index (χ4n) is 2.40. The van der Waals surface area contributed by atoms with E-state index in [0.717, 1.165) is 33.7 Å². The molecule has 2 aromatic carbocycles. The minimum Gasteiger partial charge on any atom is -0.497 e. The molecule has 0 aliphatic carbocycles. The molecule has 4 heteroatoms. The first-order chi connectivity index (χ1) is 10.2. The lowest BCUT2D eigenvalue weighted by Crippen LogP contribution is -2.11. The molecule has 0 unspecified atom stereocenters. The molecule has 1 aromatic heterocycles. The van der Waals surface area contributed by atoms with Crippen molar-refractivity contribution in [1.29, 1.82) is 0 Å². The van der Waals surface area contributed by atoms with Crippen molar-refractivity contribution in [2.45, 2.75) is 0 Å². The number of nitrogen functional groups attached to an aromatic ring is 1. The average molecular weight is 279 g/mol. The minimum absolute atomic E-state index is 0.735. The molecule has 3 rings (SSSR count). The molecular weight excluding hydrogens is 262 g/mol. The fourth-order valence-corrected chi connectivity index (χ4v) is 2.40. The third-order valence-electron chi connectivity index (χ3n) is 3.62. The molecule has 0 fully saturated rings. The van der Waals surface area contributed by atoms with Gasteiger partial charge < -0.3 is 15.4 Å². The van der Waals surface area contributed by atoms with E-state index in [4.69, 9.17) is 10.5 Å². The second-order valence-corrected chi connectivity index (χ2v) is 4.83. The first-order valence-electron chi connectivity index (χ1n) is 6.71. The summed E-state index contributed by atoms with van der Waals surface area (Å²) in [4.78, 5) is 6.38. The van der Waals surface area contributed by atoms with Gasteiger partial charge in [-0.2, -0.15) is 0 Å². The molecule has 3 aromatic rings. The van der Waals surface area contributed by atoms with Gasteiger partial charge >= 0.3 is 0 Å². The van der Waals surface area contributed by atoms with E-state index in [-0.39, 0.29) is 0 Å². The molecule has 0 saturated heterocycles. The Bertz CT molecular complexity index is 769. The SMILES string of the molecule is COc1ccc(N(C)c2ccc3ncccc3c2N)cc1.